The van der Waals surface area contributed by atoms with Gasteiger partial charge in [-0.25, -0.2) is 0 Å². The van der Waals surface area contributed by atoms with Crippen molar-refractivity contribution < 1.29 is 34.0 Å². The van der Waals surface area contributed by atoms with Gasteiger partial charge in [0.25, 0.3) is 5.91 Å². The van der Waals surface area contributed by atoms with Crippen LogP contribution in [0.2, 0.25) is 0 Å². The molecule has 5 rings (SSSR count). The number of carbonyl (C=O) groups excluding carboxylic acids is 1. The summed E-state index contributed by atoms with van der Waals surface area (Å²) in [6.07, 6.45) is -4.52. The monoisotopic (exact) mass is 569 g/mol. The van der Waals surface area contributed by atoms with Crippen LogP contribution < -0.4 is 14.8 Å². The zero-order chi connectivity index (χ0) is 29.7. The first-order chi connectivity index (χ1) is 20.2. The van der Waals surface area contributed by atoms with Crippen molar-refractivity contribution in [3.63, 3.8) is 0 Å². The molecule has 8 nitrogen and oxygen atoms in total. The Morgan fingerprint density at radius 2 is 1.45 bits per heavy atom. The highest BCUT2D eigenvalue weighted by Gasteiger charge is 2.50. The van der Waals surface area contributed by atoms with Gasteiger partial charge in [0.2, 0.25) is 6.29 Å². The number of hydrogen-bond donors (Lipinski definition) is 3. The van der Waals surface area contributed by atoms with E-state index in [0.717, 1.165) is 16.9 Å². The standard InChI is InChI=1S/C34H35NO7/c1-34(2)31(39-3)29(36)30(37)33(42-34)41-26-18-19-27(28(20-26)32(38)35-21-22-10-6-4-7-11-22)23-14-16-25(17-15-23)40-24-12-8-5-9-13-24/h4-20,29-31,33,36-37H,21H2,1-3H3,(H,35,38)/t29-,30+,31+,33+/m0/s1. The molecule has 0 aromatic heterocycles. The highest BCUT2D eigenvalue weighted by Crippen LogP contribution is 2.35. The molecular formula is C34H35NO7. The largest absolute Gasteiger partial charge is 0.462 e. The lowest BCUT2D eigenvalue weighted by Crippen LogP contribution is -2.63. The van der Waals surface area contributed by atoms with Gasteiger partial charge in [-0.05, 0) is 73.0 Å². The van der Waals surface area contributed by atoms with Crippen molar-refractivity contribution in [2.24, 2.45) is 0 Å². The van der Waals surface area contributed by atoms with Crippen molar-refractivity contribution in [3.05, 3.63) is 114 Å². The van der Waals surface area contributed by atoms with Gasteiger partial charge >= 0.3 is 0 Å². The summed E-state index contributed by atoms with van der Waals surface area (Å²) in [4.78, 5) is 13.5. The fourth-order valence-electron chi connectivity index (χ4n) is 5.08. The maximum Gasteiger partial charge on any atom is 0.252 e. The third-order valence-corrected chi connectivity index (χ3v) is 7.23. The second-order valence-electron chi connectivity index (χ2n) is 10.7. The van der Waals surface area contributed by atoms with E-state index in [1.54, 1.807) is 32.0 Å². The molecule has 0 unspecified atom stereocenters. The van der Waals surface area contributed by atoms with Crippen molar-refractivity contribution in [1.82, 2.24) is 5.32 Å². The first kappa shape index (κ1) is 29.3. The van der Waals surface area contributed by atoms with E-state index < -0.39 is 30.2 Å². The van der Waals surface area contributed by atoms with Crippen LogP contribution in [0.25, 0.3) is 11.1 Å². The maximum absolute atomic E-state index is 13.5. The molecule has 218 valence electrons. The molecule has 0 aliphatic carbocycles. The van der Waals surface area contributed by atoms with Crippen molar-refractivity contribution in [1.29, 1.82) is 0 Å². The van der Waals surface area contributed by atoms with E-state index in [1.807, 2.05) is 84.9 Å². The molecule has 0 radical (unpaired) electrons. The molecule has 8 heteroatoms. The Hall–Kier alpha value is -4.21. The number of hydrogen-bond acceptors (Lipinski definition) is 7. The van der Waals surface area contributed by atoms with Crippen LogP contribution in [0.3, 0.4) is 0 Å². The van der Waals surface area contributed by atoms with Gasteiger partial charge in [-0.3, -0.25) is 4.79 Å². The van der Waals surface area contributed by atoms with Crippen LogP contribution in [0.4, 0.5) is 0 Å². The van der Waals surface area contributed by atoms with Crippen molar-refractivity contribution in [2.75, 3.05) is 7.11 Å². The third kappa shape index (κ3) is 6.64. The fraction of sp³-hybridized carbons (Fsp3) is 0.265. The van der Waals surface area contributed by atoms with Crippen LogP contribution in [0.1, 0.15) is 29.8 Å². The smallest absolute Gasteiger partial charge is 0.252 e. The van der Waals surface area contributed by atoms with Crippen LogP contribution in [-0.4, -0.2) is 53.4 Å². The predicted molar refractivity (Wildman–Crippen MR) is 158 cm³/mol. The Bertz CT molecular complexity index is 1480. The Kier molecular flexibility index (Phi) is 8.89. The molecule has 3 N–H and O–H groups in total. The number of aliphatic hydroxyl groups is 2. The number of nitrogens with one attached hydrogen (secondary N) is 1. The maximum atomic E-state index is 13.5. The van der Waals surface area contributed by atoms with E-state index in [2.05, 4.69) is 5.32 Å². The number of aliphatic hydroxyl groups excluding tert-OH is 2. The highest BCUT2D eigenvalue weighted by atomic mass is 16.7. The Morgan fingerprint density at radius 1 is 0.833 bits per heavy atom. The second-order valence-corrected chi connectivity index (χ2v) is 10.7. The molecule has 1 fully saturated rings. The van der Waals surface area contributed by atoms with Gasteiger partial charge in [0.1, 0.15) is 35.6 Å². The number of methoxy groups -OCH3 is 1. The summed E-state index contributed by atoms with van der Waals surface area (Å²) in [5.74, 6) is 1.40. The highest BCUT2D eigenvalue weighted by molar-refractivity contribution is 6.01. The number of amides is 1. The number of carbonyl (C=O) groups is 1. The summed E-state index contributed by atoms with van der Waals surface area (Å²) in [6.45, 7) is 3.85. The van der Waals surface area contributed by atoms with Crippen LogP contribution >= 0.6 is 0 Å². The lowest BCUT2D eigenvalue weighted by Gasteiger charge is -2.46. The van der Waals surface area contributed by atoms with Gasteiger partial charge in [0.05, 0.1) is 11.2 Å². The molecule has 0 bridgehead atoms. The fourth-order valence-corrected chi connectivity index (χ4v) is 5.08. The molecule has 0 spiro atoms. The minimum Gasteiger partial charge on any atom is -0.462 e. The van der Waals surface area contributed by atoms with Crippen LogP contribution in [0.15, 0.2) is 103 Å². The zero-order valence-corrected chi connectivity index (χ0v) is 23.8. The summed E-state index contributed by atoms with van der Waals surface area (Å²) in [6, 6.07) is 31.7. The van der Waals surface area contributed by atoms with Crippen LogP contribution in [0.5, 0.6) is 17.2 Å². The SMILES string of the molecule is CO[C@@H]1[C@@H](O)[C@@H](O)[C@H](Oc2ccc(-c3ccc(Oc4ccccc4)cc3)c(C(=O)NCc3ccccc3)c2)OC1(C)C. The van der Waals surface area contributed by atoms with Crippen molar-refractivity contribution >= 4 is 5.91 Å². The number of para-hydroxylation sites is 1. The Balaban J connectivity index is 1.42. The molecular weight excluding hydrogens is 534 g/mol. The van der Waals surface area contributed by atoms with Gasteiger partial charge in [-0.2, -0.15) is 0 Å². The minimum atomic E-state index is -1.37. The summed E-state index contributed by atoms with van der Waals surface area (Å²) in [5, 5.41) is 24.3. The Labute approximate surface area is 245 Å². The van der Waals surface area contributed by atoms with Gasteiger partial charge in [-0.1, -0.05) is 60.7 Å². The summed E-state index contributed by atoms with van der Waals surface area (Å²) in [5.41, 5.74) is 1.89. The molecule has 1 aliphatic rings. The molecule has 0 saturated carbocycles. The molecule has 4 aromatic carbocycles. The number of rotatable bonds is 9. The van der Waals surface area contributed by atoms with E-state index in [4.69, 9.17) is 18.9 Å². The average Bonchev–Trinajstić information content (AvgIpc) is 3.00. The summed E-state index contributed by atoms with van der Waals surface area (Å²) >= 11 is 0. The van der Waals surface area contributed by atoms with Gasteiger partial charge < -0.3 is 34.5 Å². The van der Waals surface area contributed by atoms with E-state index in [1.165, 1.54) is 7.11 Å². The van der Waals surface area contributed by atoms with Gasteiger partial charge in [-0.15, -0.1) is 0 Å². The molecule has 1 amide bonds. The van der Waals surface area contributed by atoms with Gasteiger partial charge in [0.15, 0.2) is 0 Å². The van der Waals surface area contributed by atoms with E-state index in [0.29, 0.717) is 29.2 Å². The second kappa shape index (κ2) is 12.8. The quantitative estimate of drug-likeness (QED) is 0.250. The van der Waals surface area contributed by atoms with Crippen molar-refractivity contribution in [3.8, 4) is 28.4 Å². The molecule has 1 heterocycles. The average molecular weight is 570 g/mol. The topological polar surface area (TPSA) is 106 Å². The molecule has 4 atom stereocenters. The minimum absolute atomic E-state index is 0.297. The molecule has 42 heavy (non-hydrogen) atoms. The molecule has 1 saturated heterocycles. The number of benzene rings is 4. The van der Waals surface area contributed by atoms with E-state index in [-0.39, 0.29) is 5.91 Å². The lowest BCUT2D eigenvalue weighted by molar-refractivity contribution is -0.305. The number of ether oxygens (including phenoxy) is 4. The van der Waals surface area contributed by atoms with E-state index in [9.17, 15) is 15.0 Å². The lowest BCUT2D eigenvalue weighted by atomic mass is 9.89. The molecule has 1 aliphatic heterocycles. The first-order valence-corrected chi connectivity index (χ1v) is 13.8. The van der Waals surface area contributed by atoms with Crippen LogP contribution in [0, 0.1) is 0 Å². The normalized spacial score (nSPS) is 21.4. The third-order valence-electron chi connectivity index (χ3n) is 7.23. The van der Waals surface area contributed by atoms with E-state index >= 15 is 0 Å². The van der Waals surface area contributed by atoms with Gasteiger partial charge in [0, 0.05) is 13.7 Å². The molecule has 4 aromatic rings. The first-order valence-electron chi connectivity index (χ1n) is 13.8. The Morgan fingerprint density at radius 3 is 2.12 bits per heavy atom. The van der Waals surface area contributed by atoms with Crippen molar-refractivity contribution in [2.45, 2.75) is 50.6 Å². The van der Waals surface area contributed by atoms with Crippen LogP contribution in [-0.2, 0) is 16.0 Å². The summed E-state index contributed by atoms with van der Waals surface area (Å²) < 4.78 is 23.3. The predicted octanol–water partition coefficient (Wildman–Crippen LogP) is 5.33. The summed E-state index contributed by atoms with van der Waals surface area (Å²) in [7, 11) is 1.45. The zero-order valence-electron chi connectivity index (χ0n) is 23.8.